The fourth-order valence-electron chi connectivity index (χ4n) is 3.66. The Morgan fingerprint density at radius 3 is 3.04 bits per heavy atom. The van der Waals surface area contributed by atoms with Gasteiger partial charge in [0.05, 0.1) is 28.9 Å². The number of ether oxygens (including phenoxy) is 1. The quantitative estimate of drug-likeness (QED) is 0.559. The van der Waals surface area contributed by atoms with Crippen molar-refractivity contribution < 1.29 is 4.74 Å². The van der Waals surface area contributed by atoms with E-state index in [0.29, 0.717) is 16.9 Å². The van der Waals surface area contributed by atoms with Crippen LogP contribution in [0.2, 0.25) is 0 Å². The van der Waals surface area contributed by atoms with Gasteiger partial charge >= 0.3 is 0 Å². The van der Waals surface area contributed by atoms with Crippen LogP contribution in [0.4, 0.5) is 0 Å². The number of rotatable bonds is 3. The first-order valence-electron chi connectivity index (χ1n) is 8.70. The van der Waals surface area contributed by atoms with Crippen molar-refractivity contribution in [1.82, 2.24) is 28.9 Å². The molecule has 5 rings (SSSR count). The summed E-state index contributed by atoms with van der Waals surface area (Å²) in [6.45, 7) is 0.819. The fraction of sp³-hybridized carbons (Fsp3) is 0.333. The van der Waals surface area contributed by atoms with Crippen molar-refractivity contribution in [3.05, 3.63) is 52.8 Å². The molecule has 1 aliphatic rings. The van der Waals surface area contributed by atoms with Gasteiger partial charge in [-0.3, -0.25) is 13.8 Å². The van der Waals surface area contributed by atoms with Gasteiger partial charge in [0.1, 0.15) is 6.33 Å². The molecule has 4 heterocycles. The van der Waals surface area contributed by atoms with Crippen LogP contribution in [0.3, 0.4) is 0 Å². The van der Waals surface area contributed by atoms with Crippen molar-refractivity contribution in [2.24, 2.45) is 7.05 Å². The van der Waals surface area contributed by atoms with Crippen molar-refractivity contribution in [1.29, 1.82) is 0 Å². The van der Waals surface area contributed by atoms with Crippen LogP contribution < -0.4 is 5.56 Å². The van der Waals surface area contributed by atoms with E-state index < -0.39 is 0 Å². The van der Waals surface area contributed by atoms with Crippen LogP contribution in [0.15, 0.2) is 41.6 Å². The van der Waals surface area contributed by atoms with Gasteiger partial charge < -0.3 is 4.74 Å². The highest BCUT2D eigenvalue weighted by atomic mass is 16.5. The van der Waals surface area contributed by atoms with E-state index in [0.717, 1.165) is 37.1 Å². The average molecular weight is 350 g/mol. The summed E-state index contributed by atoms with van der Waals surface area (Å²) in [5.74, 6) is 0.585. The number of hydrogen-bond donors (Lipinski definition) is 0. The third-order valence-corrected chi connectivity index (χ3v) is 4.96. The third-order valence-electron chi connectivity index (χ3n) is 4.96. The number of aryl methyl sites for hydroxylation is 1. The normalized spacial score (nSPS) is 17.5. The first kappa shape index (κ1) is 15.3. The van der Waals surface area contributed by atoms with E-state index in [1.54, 1.807) is 22.6 Å². The molecule has 1 aliphatic heterocycles. The standard InChI is InChI=1S/C18H18N6O2/c1-22-17-16(24-10-12(20-21-24)9-13-5-4-8-26-13)19-11-23(17)15-7-3-2-6-14(15)18(22)25/h2-3,6-7,10-11,13H,4-5,8-9H2,1H3. The van der Waals surface area contributed by atoms with E-state index >= 15 is 0 Å². The summed E-state index contributed by atoms with van der Waals surface area (Å²) in [7, 11) is 1.75. The number of aromatic nitrogens is 6. The van der Waals surface area contributed by atoms with Crippen molar-refractivity contribution in [2.75, 3.05) is 6.61 Å². The Balaban J connectivity index is 1.64. The summed E-state index contributed by atoms with van der Waals surface area (Å²) < 4.78 is 10.8. The Hall–Kier alpha value is -3.00. The van der Waals surface area contributed by atoms with E-state index in [4.69, 9.17) is 4.74 Å². The van der Waals surface area contributed by atoms with Crippen LogP contribution >= 0.6 is 0 Å². The number of para-hydroxylation sites is 1. The maximum atomic E-state index is 12.7. The maximum Gasteiger partial charge on any atom is 0.261 e. The molecule has 0 saturated carbocycles. The minimum absolute atomic E-state index is 0.0606. The van der Waals surface area contributed by atoms with Crippen LogP contribution in [-0.4, -0.2) is 41.7 Å². The molecule has 8 nitrogen and oxygen atoms in total. The summed E-state index contributed by atoms with van der Waals surface area (Å²) >= 11 is 0. The molecule has 0 bridgehead atoms. The van der Waals surface area contributed by atoms with Gasteiger partial charge in [0.15, 0.2) is 11.5 Å². The van der Waals surface area contributed by atoms with Crippen molar-refractivity contribution in [2.45, 2.75) is 25.4 Å². The minimum Gasteiger partial charge on any atom is -0.378 e. The van der Waals surface area contributed by atoms with E-state index in [9.17, 15) is 4.79 Å². The zero-order valence-corrected chi connectivity index (χ0v) is 14.4. The third kappa shape index (κ3) is 2.26. The Morgan fingerprint density at radius 1 is 1.31 bits per heavy atom. The van der Waals surface area contributed by atoms with Crippen molar-refractivity contribution >= 4 is 16.6 Å². The average Bonchev–Trinajstić information content (AvgIpc) is 3.40. The molecule has 0 radical (unpaired) electrons. The lowest BCUT2D eigenvalue weighted by Crippen LogP contribution is -2.20. The summed E-state index contributed by atoms with van der Waals surface area (Å²) in [5.41, 5.74) is 2.31. The molecular formula is C18H18N6O2. The Labute approximate surface area is 148 Å². The minimum atomic E-state index is -0.0606. The summed E-state index contributed by atoms with van der Waals surface area (Å²) in [6, 6.07) is 7.52. The number of fused-ring (bicyclic) bond motifs is 3. The van der Waals surface area contributed by atoms with Crippen LogP contribution in [0, 0.1) is 0 Å². The molecule has 3 aromatic heterocycles. The van der Waals surface area contributed by atoms with Crippen LogP contribution in [0.5, 0.6) is 0 Å². The molecule has 1 aromatic carbocycles. The molecule has 0 aliphatic carbocycles. The van der Waals surface area contributed by atoms with Gasteiger partial charge in [-0.25, -0.2) is 4.98 Å². The fourth-order valence-corrected chi connectivity index (χ4v) is 3.66. The zero-order chi connectivity index (χ0) is 17.7. The maximum absolute atomic E-state index is 12.7. The molecule has 1 unspecified atom stereocenters. The molecule has 0 spiro atoms. The zero-order valence-electron chi connectivity index (χ0n) is 14.4. The van der Waals surface area contributed by atoms with E-state index in [-0.39, 0.29) is 11.7 Å². The molecule has 4 aromatic rings. The molecule has 8 heteroatoms. The number of hydrogen-bond acceptors (Lipinski definition) is 5. The highest BCUT2D eigenvalue weighted by Gasteiger charge is 2.20. The molecular weight excluding hydrogens is 332 g/mol. The van der Waals surface area contributed by atoms with Crippen LogP contribution in [-0.2, 0) is 18.2 Å². The molecule has 26 heavy (non-hydrogen) atoms. The number of imidazole rings is 1. The monoisotopic (exact) mass is 350 g/mol. The largest absolute Gasteiger partial charge is 0.378 e. The smallest absolute Gasteiger partial charge is 0.261 e. The van der Waals surface area contributed by atoms with Crippen molar-refractivity contribution in [3.63, 3.8) is 0 Å². The lowest BCUT2D eigenvalue weighted by atomic mass is 10.1. The van der Waals surface area contributed by atoms with E-state index in [2.05, 4.69) is 15.3 Å². The van der Waals surface area contributed by atoms with Gasteiger partial charge in [-0.05, 0) is 25.0 Å². The number of benzene rings is 1. The van der Waals surface area contributed by atoms with Gasteiger partial charge in [0.25, 0.3) is 5.56 Å². The lowest BCUT2D eigenvalue weighted by Gasteiger charge is -2.08. The second kappa shape index (κ2) is 5.77. The van der Waals surface area contributed by atoms with E-state index in [1.807, 2.05) is 34.9 Å². The molecule has 1 atom stereocenters. The van der Waals surface area contributed by atoms with Gasteiger partial charge in [-0.2, -0.15) is 4.68 Å². The first-order valence-corrected chi connectivity index (χ1v) is 8.70. The van der Waals surface area contributed by atoms with Gasteiger partial charge in [0, 0.05) is 20.1 Å². The van der Waals surface area contributed by atoms with Crippen molar-refractivity contribution in [3.8, 4) is 5.82 Å². The molecule has 0 N–H and O–H groups in total. The summed E-state index contributed by atoms with van der Waals surface area (Å²) in [6.07, 6.45) is 6.69. The van der Waals surface area contributed by atoms with Gasteiger partial charge in [-0.15, -0.1) is 5.10 Å². The van der Waals surface area contributed by atoms with Crippen LogP contribution in [0.25, 0.3) is 22.4 Å². The van der Waals surface area contributed by atoms with Gasteiger partial charge in [0.2, 0.25) is 0 Å². The number of nitrogens with zero attached hydrogens (tertiary/aromatic N) is 6. The Kier molecular flexibility index (Phi) is 3.39. The lowest BCUT2D eigenvalue weighted by molar-refractivity contribution is 0.110. The second-order valence-electron chi connectivity index (χ2n) is 6.64. The van der Waals surface area contributed by atoms with Crippen LogP contribution in [0.1, 0.15) is 18.5 Å². The first-order chi connectivity index (χ1) is 12.7. The Morgan fingerprint density at radius 2 is 2.19 bits per heavy atom. The Bertz CT molecular complexity index is 1170. The SMILES string of the molecule is Cn1c(=O)c2ccccc2n2cnc(-n3cc(CC4CCCO4)nn3)c12. The molecule has 1 fully saturated rings. The summed E-state index contributed by atoms with van der Waals surface area (Å²) in [4.78, 5) is 17.2. The molecule has 1 saturated heterocycles. The molecule has 132 valence electrons. The highest BCUT2D eigenvalue weighted by molar-refractivity contribution is 5.82. The highest BCUT2D eigenvalue weighted by Crippen LogP contribution is 2.20. The predicted octanol–water partition coefficient (Wildman–Crippen LogP) is 1.49. The predicted molar refractivity (Wildman–Crippen MR) is 95.5 cm³/mol. The van der Waals surface area contributed by atoms with E-state index in [1.165, 1.54) is 0 Å². The second-order valence-corrected chi connectivity index (χ2v) is 6.64. The molecule has 0 amide bonds. The van der Waals surface area contributed by atoms with Gasteiger partial charge in [-0.1, -0.05) is 17.3 Å². The summed E-state index contributed by atoms with van der Waals surface area (Å²) in [5, 5.41) is 9.13. The topological polar surface area (TPSA) is 79.2 Å².